The number of unbranched alkanes of at least 4 members (excludes halogenated alkanes) is 4. The van der Waals surface area contributed by atoms with Crippen LogP contribution in [-0.4, -0.2) is 13.2 Å². The summed E-state index contributed by atoms with van der Waals surface area (Å²) in [6.45, 7) is 7.32. The first-order chi connectivity index (χ1) is 9.36. The molecule has 1 aromatic carbocycles. The Bertz CT molecular complexity index is 325. The molecule has 0 bridgehead atoms. The summed E-state index contributed by atoms with van der Waals surface area (Å²) in [5.74, 6) is 1.01. The monoisotopic (exact) mass is 263 g/mol. The molecular formula is C17H29NO. The molecule has 0 saturated heterocycles. The molecule has 0 heterocycles. The highest BCUT2D eigenvalue weighted by molar-refractivity contribution is 5.28. The van der Waals surface area contributed by atoms with Gasteiger partial charge >= 0.3 is 0 Å². The van der Waals surface area contributed by atoms with E-state index in [1.807, 2.05) is 0 Å². The molecule has 19 heavy (non-hydrogen) atoms. The molecule has 0 fully saturated rings. The maximum absolute atomic E-state index is 5.79. The van der Waals surface area contributed by atoms with E-state index in [-0.39, 0.29) is 0 Å². The lowest BCUT2D eigenvalue weighted by molar-refractivity contribution is 0.304. The van der Waals surface area contributed by atoms with Gasteiger partial charge in [-0.3, -0.25) is 0 Å². The van der Waals surface area contributed by atoms with Gasteiger partial charge in [0.15, 0.2) is 0 Å². The lowest BCUT2D eigenvalue weighted by atomic mass is 10.2. The maximum atomic E-state index is 5.79. The summed E-state index contributed by atoms with van der Waals surface area (Å²) < 4.78 is 5.79. The van der Waals surface area contributed by atoms with Crippen LogP contribution in [0.4, 0.5) is 0 Å². The van der Waals surface area contributed by atoms with Gasteiger partial charge in [0.05, 0.1) is 6.61 Å². The lowest BCUT2D eigenvalue weighted by Gasteiger charge is -2.08. The fourth-order valence-corrected chi connectivity index (χ4v) is 2.00. The molecule has 0 amide bonds. The van der Waals surface area contributed by atoms with Gasteiger partial charge in [-0.2, -0.15) is 0 Å². The molecule has 0 radical (unpaired) electrons. The van der Waals surface area contributed by atoms with Crippen molar-refractivity contribution < 1.29 is 4.74 Å². The second-order valence-electron chi connectivity index (χ2n) is 5.09. The van der Waals surface area contributed by atoms with E-state index >= 15 is 0 Å². The molecule has 0 atom stereocenters. The van der Waals surface area contributed by atoms with E-state index in [0.29, 0.717) is 0 Å². The van der Waals surface area contributed by atoms with Gasteiger partial charge in [0, 0.05) is 6.54 Å². The predicted molar refractivity (Wildman–Crippen MR) is 82.7 cm³/mol. The quantitative estimate of drug-likeness (QED) is 0.592. The largest absolute Gasteiger partial charge is 0.494 e. The van der Waals surface area contributed by atoms with E-state index in [0.717, 1.165) is 31.9 Å². The topological polar surface area (TPSA) is 21.3 Å². The highest BCUT2D eigenvalue weighted by Gasteiger charge is 1.97. The van der Waals surface area contributed by atoms with Crippen LogP contribution in [0.3, 0.4) is 0 Å². The Kier molecular flexibility index (Phi) is 9.17. The van der Waals surface area contributed by atoms with Gasteiger partial charge in [-0.05, 0) is 37.1 Å². The van der Waals surface area contributed by atoms with Crippen molar-refractivity contribution in [3.8, 4) is 5.75 Å². The van der Waals surface area contributed by atoms with Gasteiger partial charge in [0.25, 0.3) is 0 Å². The Balaban J connectivity index is 2.23. The van der Waals surface area contributed by atoms with E-state index in [9.17, 15) is 0 Å². The van der Waals surface area contributed by atoms with Crippen molar-refractivity contribution in [1.29, 1.82) is 0 Å². The van der Waals surface area contributed by atoms with Crippen molar-refractivity contribution >= 4 is 0 Å². The second kappa shape index (κ2) is 10.9. The Morgan fingerprint density at radius 2 is 1.84 bits per heavy atom. The van der Waals surface area contributed by atoms with Gasteiger partial charge in [0.2, 0.25) is 0 Å². The van der Waals surface area contributed by atoms with Gasteiger partial charge in [-0.25, -0.2) is 0 Å². The molecule has 0 unspecified atom stereocenters. The van der Waals surface area contributed by atoms with Crippen molar-refractivity contribution in [3.05, 3.63) is 29.8 Å². The van der Waals surface area contributed by atoms with Crippen LogP contribution in [0.25, 0.3) is 0 Å². The molecule has 0 aliphatic heterocycles. The summed E-state index contributed by atoms with van der Waals surface area (Å²) >= 11 is 0. The number of benzene rings is 1. The number of hydrogen-bond donors (Lipinski definition) is 1. The highest BCUT2D eigenvalue weighted by atomic mass is 16.5. The van der Waals surface area contributed by atoms with Gasteiger partial charge in [0.1, 0.15) is 5.75 Å². The molecule has 0 aliphatic rings. The molecule has 0 spiro atoms. The predicted octanol–water partition coefficient (Wildman–Crippen LogP) is 4.54. The summed E-state index contributed by atoms with van der Waals surface area (Å²) in [4.78, 5) is 0. The second-order valence-corrected chi connectivity index (χ2v) is 5.09. The number of nitrogens with one attached hydrogen (secondary N) is 1. The Morgan fingerprint density at radius 3 is 2.63 bits per heavy atom. The van der Waals surface area contributed by atoms with Crippen LogP contribution in [0.2, 0.25) is 0 Å². The Hall–Kier alpha value is -1.02. The van der Waals surface area contributed by atoms with Crippen LogP contribution in [0.15, 0.2) is 24.3 Å². The van der Waals surface area contributed by atoms with Crippen molar-refractivity contribution in [1.82, 2.24) is 5.32 Å². The SMILES string of the molecule is CCCCCCOc1cccc(CNCCCC)c1. The summed E-state index contributed by atoms with van der Waals surface area (Å²) in [5.41, 5.74) is 1.31. The first-order valence-electron chi connectivity index (χ1n) is 7.79. The standard InChI is InChI=1S/C17H29NO/c1-3-5-7-8-13-19-17-11-9-10-16(14-17)15-18-12-6-4-2/h9-11,14,18H,3-8,12-13,15H2,1-2H3. The van der Waals surface area contributed by atoms with Crippen molar-refractivity contribution in [2.45, 2.75) is 58.9 Å². The minimum atomic E-state index is 0.840. The first-order valence-corrected chi connectivity index (χ1v) is 7.79. The van der Waals surface area contributed by atoms with E-state index in [2.05, 4.69) is 43.4 Å². The molecule has 1 N–H and O–H groups in total. The minimum Gasteiger partial charge on any atom is -0.494 e. The summed E-state index contributed by atoms with van der Waals surface area (Å²) in [6.07, 6.45) is 7.51. The number of hydrogen-bond acceptors (Lipinski definition) is 2. The third-order valence-corrected chi connectivity index (χ3v) is 3.20. The van der Waals surface area contributed by atoms with Crippen LogP contribution in [0, 0.1) is 0 Å². The first kappa shape index (κ1) is 16.0. The summed E-state index contributed by atoms with van der Waals surface area (Å²) in [5, 5.41) is 3.46. The zero-order chi connectivity index (χ0) is 13.8. The maximum Gasteiger partial charge on any atom is 0.119 e. The van der Waals surface area contributed by atoms with Gasteiger partial charge in [-0.1, -0.05) is 51.7 Å². The van der Waals surface area contributed by atoms with Crippen molar-refractivity contribution in [3.63, 3.8) is 0 Å². The van der Waals surface area contributed by atoms with E-state index < -0.39 is 0 Å². The highest BCUT2D eigenvalue weighted by Crippen LogP contribution is 2.14. The van der Waals surface area contributed by atoms with Crippen LogP contribution < -0.4 is 10.1 Å². The normalized spacial score (nSPS) is 10.6. The molecule has 1 aromatic rings. The van der Waals surface area contributed by atoms with Crippen LogP contribution in [0.1, 0.15) is 57.9 Å². The molecule has 2 nitrogen and oxygen atoms in total. The molecule has 1 rings (SSSR count). The molecule has 2 heteroatoms. The molecule has 0 saturated carbocycles. The van der Waals surface area contributed by atoms with Crippen molar-refractivity contribution in [2.75, 3.05) is 13.2 Å². The summed E-state index contributed by atoms with van der Waals surface area (Å²) in [7, 11) is 0. The molecule has 0 aliphatic carbocycles. The van der Waals surface area contributed by atoms with Crippen molar-refractivity contribution in [2.24, 2.45) is 0 Å². The number of rotatable bonds is 11. The Labute approximate surface area is 118 Å². The van der Waals surface area contributed by atoms with Gasteiger partial charge < -0.3 is 10.1 Å². The molecule has 0 aromatic heterocycles. The third-order valence-electron chi connectivity index (χ3n) is 3.20. The van der Waals surface area contributed by atoms with E-state index in [1.165, 1.54) is 37.7 Å². The average Bonchev–Trinajstić information content (AvgIpc) is 2.44. The number of ether oxygens (including phenoxy) is 1. The zero-order valence-electron chi connectivity index (χ0n) is 12.6. The van der Waals surface area contributed by atoms with Crippen LogP contribution in [0.5, 0.6) is 5.75 Å². The fraction of sp³-hybridized carbons (Fsp3) is 0.647. The average molecular weight is 263 g/mol. The van der Waals surface area contributed by atoms with Crippen LogP contribution >= 0.6 is 0 Å². The fourth-order valence-electron chi connectivity index (χ4n) is 2.00. The molecule has 108 valence electrons. The summed E-state index contributed by atoms with van der Waals surface area (Å²) in [6, 6.07) is 8.44. The zero-order valence-corrected chi connectivity index (χ0v) is 12.6. The Morgan fingerprint density at radius 1 is 1.00 bits per heavy atom. The smallest absolute Gasteiger partial charge is 0.119 e. The van der Waals surface area contributed by atoms with Crippen LogP contribution in [-0.2, 0) is 6.54 Å². The third kappa shape index (κ3) is 7.89. The lowest BCUT2D eigenvalue weighted by Crippen LogP contribution is -2.14. The van der Waals surface area contributed by atoms with Gasteiger partial charge in [-0.15, -0.1) is 0 Å². The van der Waals surface area contributed by atoms with E-state index in [1.54, 1.807) is 0 Å². The minimum absolute atomic E-state index is 0.840. The molecular weight excluding hydrogens is 234 g/mol. The van der Waals surface area contributed by atoms with E-state index in [4.69, 9.17) is 4.74 Å².